The maximum atomic E-state index is 11.7. The number of carbonyl (C=O) groups is 1. The van der Waals surface area contributed by atoms with E-state index in [9.17, 15) is 4.79 Å². The lowest BCUT2D eigenvalue weighted by Crippen LogP contribution is -2.47. The van der Waals surface area contributed by atoms with Gasteiger partial charge in [0.15, 0.2) is 0 Å². The lowest BCUT2D eigenvalue weighted by atomic mass is 10.0. The Kier molecular flexibility index (Phi) is 7.39. The second kappa shape index (κ2) is 8.54. The molecular weight excluding hydrogens is 238 g/mol. The lowest BCUT2D eigenvalue weighted by molar-refractivity contribution is -0.122. The molecule has 112 valence electrons. The molecule has 0 aromatic heterocycles. The molecule has 0 radical (unpaired) electrons. The Balaban J connectivity index is 2.33. The summed E-state index contributed by atoms with van der Waals surface area (Å²) in [4.78, 5) is 14.1. The Morgan fingerprint density at radius 2 is 2.05 bits per heavy atom. The summed E-state index contributed by atoms with van der Waals surface area (Å²) in [5.74, 6) is 0.164. The molecule has 4 nitrogen and oxygen atoms in total. The van der Waals surface area contributed by atoms with E-state index in [0.717, 1.165) is 19.6 Å². The zero-order valence-electron chi connectivity index (χ0n) is 13.0. The molecule has 1 amide bonds. The average molecular weight is 269 g/mol. The van der Waals surface area contributed by atoms with E-state index in [2.05, 4.69) is 29.4 Å². The van der Waals surface area contributed by atoms with E-state index >= 15 is 0 Å². The molecule has 1 rings (SSSR count). The van der Waals surface area contributed by atoms with Gasteiger partial charge in [-0.1, -0.05) is 6.42 Å². The average Bonchev–Trinajstić information content (AvgIpc) is 2.34. The summed E-state index contributed by atoms with van der Waals surface area (Å²) in [5, 5.41) is 6.54. The fourth-order valence-electron chi connectivity index (χ4n) is 2.56. The molecular formula is C15H31N3O. The van der Waals surface area contributed by atoms with Crippen LogP contribution in [0.25, 0.3) is 0 Å². The molecule has 1 unspecified atom stereocenters. The first-order chi connectivity index (χ1) is 8.99. The van der Waals surface area contributed by atoms with Gasteiger partial charge in [-0.05, 0) is 47.1 Å². The minimum atomic E-state index is 0.164. The molecule has 2 N–H and O–H groups in total. The van der Waals surface area contributed by atoms with Gasteiger partial charge >= 0.3 is 0 Å². The highest BCUT2D eigenvalue weighted by Crippen LogP contribution is 2.10. The monoisotopic (exact) mass is 269 g/mol. The summed E-state index contributed by atoms with van der Waals surface area (Å²) in [6.07, 6.45) is 4.50. The van der Waals surface area contributed by atoms with Crippen molar-refractivity contribution in [1.82, 2.24) is 15.5 Å². The van der Waals surface area contributed by atoms with Crippen molar-refractivity contribution in [1.29, 1.82) is 0 Å². The Labute approximate surface area is 118 Å². The van der Waals surface area contributed by atoms with Crippen LogP contribution in [0.1, 0.15) is 53.4 Å². The van der Waals surface area contributed by atoms with Gasteiger partial charge in [0.25, 0.3) is 0 Å². The van der Waals surface area contributed by atoms with Gasteiger partial charge in [0, 0.05) is 37.6 Å². The first kappa shape index (κ1) is 16.4. The van der Waals surface area contributed by atoms with Gasteiger partial charge in [0.05, 0.1) is 0 Å². The van der Waals surface area contributed by atoms with Gasteiger partial charge in [0.1, 0.15) is 0 Å². The van der Waals surface area contributed by atoms with Crippen LogP contribution in [0.5, 0.6) is 0 Å². The van der Waals surface area contributed by atoms with Crippen molar-refractivity contribution in [3.05, 3.63) is 0 Å². The maximum absolute atomic E-state index is 11.7. The molecule has 0 saturated carbocycles. The topological polar surface area (TPSA) is 44.4 Å². The molecule has 0 spiro atoms. The predicted octanol–water partition coefficient (Wildman–Crippen LogP) is 1.75. The summed E-state index contributed by atoms with van der Waals surface area (Å²) in [6, 6.07) is 1.33. The largest absolute Gasteiger partial charge is 0.354 e. The standard InChI is InChI=1S/C15H31N3O/c1-12(2)17-15(19)8-10-18(13(3)4)11-14-7-5-6-9-16-14/h12-14,16H,5-11H2,1-4H3,(H,17,19). The normalized spacial score (nSPS) is 20.3. The van der Waals surface area contributed by atoms with E-state index in [4.69, 9.17) is 0 Å². The Morgan fingerprint density at radius 1 is 1.32 bits per heavy atom. The minimum Gasteiger partial charge on any atom is -0.354 e. The van der Waals surface area contributed by atoms with E-state index in [0.29, 0.717) is 18.5 Å². The predicted molar refractivity (Wildman–Crippen MR) is 80.2 cm³/mol. The third-order valence-electron chi connectivity index (χ3n) is 3.67. The zero-order chi connectivity index (χ0) is 14.3. The molecule has 1 heterocycles. The highest BCUT2D eigenvalue weighted by atomic mass is 16.1. The fraction of sp³-hybridized carbons (Fsp3) is 0.933. The number of carbonyl (C=O) groups excluding carboxylic acids is 1. The number of hydrogen-bond acceptors (Lipinski definition) is 3. The molecule has 0 aromatic rings. The molecule has 4 heteroatoms. The van der Waals surface area contributed by atoms with Crippen LogP contribution in [0.4, 0.5) is 0 Å². The Bertz CT molecular complexity index is 260. The number of rotatable bonds is 7. The van der Waals surface area contributed by atoms with E-state index in [1.165, 1.54) is 19.3 Å². The first-order valence-electron chi connectivity index (χ1n) is 7.76. The van der Waals surface area contributed by atoms with Gasteiger partial charge in [-0.15, -0.1) is 0 Å². The van der Waals surface area contributed by atoms with Crippen LogP contribution in [0.15, 0.2) is 0 Å². The van der Waals surface area contributed by atoms with Crippen LogP contribution >= 0.6 is 0 Å². The summed E-state index contributed by atoms with van der Waals surface area (Å²) in [7, 11) is 0. The van der Waals surface area contributed by atoms with Crippen LogP contribution in [-0.2, 0) is 4.79 Å². The quantitative estimate of drug-likeness (QED) is 0.740. The molecule has 0 aliphatic carbocycles. The zero-order valence-corrected chi connectivity index (χ0v) is 13.0. The van der Waals surface area contributed by atoms with Crippen molar-refractivity contribution in [2.75, 3.05) is 19.6 Å². The summed E-state index contributed by atoms with van der Waals surface area (Å²) in [5.41, 5.74) is 0. The minimum absolute atomic E-state index is 0.164. The molecule has 1 atom stereocenters. The number of amides is 1. The third-order valence-corrected chi connectivity index (χ3v) is 3.67. The maximum Gasteiger partial charge on any atom is 0.221 e. The van der Waals surface area contributed by atoms with E-state index in [1.807, 2.05) is 13.8 Å². The van der Waals surface area contributed by atoms with Crippen LogP contribution in [0.2, 0.25) is 0 Å². The van der Waals surface area contributed by atoms with Crippen LogP contribution in [-0.4, -0.2) is 48.6 Å². The number of hydrogen-bond donors (Lipinski definition) is 2. The van der Waals surface area contributed by atoms with Crippen molar-refractivity contribution < 1.29 is 4.79 Å². The number of nitrogens with zero attached hydrogens (tertiary/aromatic N) is 1. The highest BCUT2D eigenvalue weighted by molar-refractivity contribution is 5.76. The molecule has 1 aliphatic heterocycles. The van der Waals surface area contributed by atoms with Crippen molar-refractivity contribution in [3.63, 3.8) is 0 Å². The van der Waals surface area contributed by atoms with E-state index in [1.54, 1.807) is 0 Å². The summed E-state index contributed by atoms with van der Waals surface area (Å²) in [6.45, 7) is 11.5. The second-order valence-electron chi connectivity index (χ2n) is 6.21. The number of nitrogens with one attached hydrogen (secondary N) is 2. The smallest absolute Gasteiger partial charge is 0.221 e. The van der Waals surface area contributed by atoms with E-state index < -0.39 is 0 Å². The van der Waals surface area contributed by atoms with Crippen molar-refractivity contribution in [3.8, 4) is 0 Å². The Hall–Kier alpha value is -0.610. The van der Waals surface area contributed by atoms with Gasteiger partial charge in [0.2, 0.25) is 5.91 Å². The van der Waals surface area contributed by atoms with Gasteiger partial charge < -0.3 is 10.6 Å². The van der Waals surface area contributed by atoms with Crippen LogP contribution < -0.4 is 10.6 Å². The molecule has 1 aliphatic rings. The molecule has 19 heavy (non-hydrogen) atoms. The molecule has 1 saturated heterocycles. The van der Waals surface area contributed by atoms with E-state index in [-0.39, 0.29) is 11.9 Å². The number of piperidine rings is 1. The van der Waals surface area contributed by atoms with Gasteiger partial charge in [-0.2, -0.15) is 0 Å². The van der Waals surface area contributed by atoms with Crippen LogP contribution in [0, 0.1) is 0 Å². The first-order valence-corrected chi connectivity index (χ1v) is 7.76. The SMILES string of the molecule is CC(C)NC(=O)CCN(CC1CCCCN1)C(C)C. The molecule has 0 bridgehead atoms. The molecule has 1 fully saturated rings. The highest BCUT2D eigenvalue weighted by Gasteiger charge is 2.19. The fourth-order valence-corrected chi connectivity index (χ4v) is 2.56. The van der Waals surface area contributed by atoms with Crippen molar-refractivity contribution in [2.45, 2.75) is 71.5 Å². The van der Waals surface area contributed by atoms with Crippen molar-refractivity contribution >= 4 is 5.91 Å². The summed E-state index contributed by atoms with van der Waals surface area (Å²) >= 11 is 0. The lowest BCUT2D eigenvalue weighted by Gasteiger charge is -2.33. The van der Waals surface area contributed by atoms with Crippen LogP contribution in [0.3, 0.4) is 0 Å². The second-order valence-corrected chi connectivity index (χ2v) is 6.21. The molecule has 0 aromatic carbocycles. The summed E-state index contributed by atoms with van der Waals surface area (Å²) < 4.78 is 0. The van der Waals surface area contributed by atoms with Crippen molar-refractivity contribution in [2.24, 2.45) is 0 Å². The Morgan fingerprint density at radius 3 is 2.58 bits per heavy atom. The van der Waals surface area contributed by atoms with Gasteiger partial charge in [-0.25, -0.2) is 0 Å². The van der Waals surface area contributed by atoms with Gasteiger partial charge in [-0.3, -0.25) is 9.69 Å². The third kappa shape index (κ3) is 6.92.